The van der Waals surface area contributed by atoms with Crippen LogP contribution in [0.15, 0.2) is 48.5 Å². The van der Waals surface area contributed by atoms with E-state index in [0.717, 1.165) is 24.3 Å². The molecule has 0 heterocycles. The minimum Gasteiger partial charge on any atom is -0.508 e. The number of ketones is 2. The average Bonchev–Trinajstić information content (AvgIpc) is 2.71. The van der Waals surface area contributed by atoms with E-state index < -0.39 is 52.7 Å². The van der Waals surface area contributed by atoms with Crippen molar-refractivity contribution in [2.75, 3.05) is 6.61 Å². The average molecular weight is 412 g/mol. The van der Waals surface area contributed by atoms with Crippen molar-refractivity contribution in [2.24, 2.45) is 0 Å². The highest BCUT2D eigenvalue weighted by Crippen LogP contribution is 2.41. The standard InChI is InChI=1S/C21H16O9/c22-12-3-1-10(2-4-12)17(26)9-30-21-15(24)7-11(8-16(21)25)18(27)13-5-6-14(23)20(29)19(13)28/h1-8,22-25,28-29H,9H2. The van der Waals surface area contributed by atoms with E-state index in [1.807, 2.05) is 0 Å². The molecule has 0 spiro atoms. The summed E-state index contributed by atoms with van der Waals surface area (Å²) in [6.45, 7) is -0.536. The molecule has 0 atom stereocenters. The van der Waals surface area contributed by atoms with Gasteiger partial charge in [0.1, 0.15) is 5.75 Å². The highest BCUT2D eigenvalue weighted by Gasteiger charge is 2.22. The third kappa shape index (κ3) is 3.90. The summed E-state index contributed by atoms with van der Waals surface area (Å²) in [5.74, 6) is -5.46. The van der Waals surface area contributed by atoms with E-state index in [1.54, 1.807) is 0 Å². The van der Waals surface area contributed by atoms with E-state index in [4.69, 9.17) is 4.74 Å². The van der Waals surface area contributed by atoms with Gasteiger partial charge in [-0.3, -0.25) is 9.59 Å². The fourth-order valence-electron chi connectivity index (χ4n) is 2.65. The third-order valence-electron chi connectivity index (χ3n) is 4.22. The van der Waals surface area contributed by atoms with Gasteiger partial charge in [0.25, 0.3) is 0 Å². The van der Waals surface area contributed by atoms with Crippen LogP contribution in [0.2, 0.25) is 0 Å². The molecule has 9 heteroatoms. The van der Waals surface area contributed by atoms with Crippen LogP contribution in [-0.4, -0.2) is 48.8 Å². The lowest BCUT2D eigenvalue weighted by molar-refractivity contribution is 0.0916. The number of hydrogen-bond donors (Lipinski definition) is 6. The first-order valence-electron chi connectivity index (χ1n) is 8.48. The van der Waals surface area contributed by atoms with Gasteiger partial charge in [-0.2, -0.15) is 0 Å². The maximum absolute atomic E-state index is 12.5. The van der Waals surface area contributed by atoms with Crippen LogP contribution in [0, 0.1) is 0 Å². The van der Waals surface area contributed by atoms with E-state index in [0.29, 0.717) is 0 Å². The Kier molecular flexibility index (Phi) is 5.37. The second-order valence-corrected chi connectivity index (χ2v) is 6.26. The Labute approximate surface area is 169 Å². The summed E-state index contributed by atoms with van der Waals surface area (Å²) in [5, 5.41) is 58.2. The van der Waals surface area contributed by atoms with Crippen molar-refractivity contribution in [3.05, 3.63) is 65.2 Å². The third-order valence-corrected chi connectivity index (χ3v) is 4.22. The van der Waals surface area contributed by atoms with Gasteiger partial charge in [-0.05, 0) is 48.5 Å². The topological polar surface area (TPSA) is 165 Å². The molecule has 0 fully saturated rings. The monoisotopic (exact) mass is 412 g/mol. The van der Waals surface area contributed by atoms with E-state index >= 15 is 0 Å². The summed E-state index contributed by atoms with van der Waals surface area (Å²) < 4.78 is 5.17. The zero-order valence-electron chi connectivity index (χ0n) is 15.2. The van der Waals surface area contributed by atoms with Crippen LogP contribution in [0.4, 0.5) is 0 Å². The van der Waals surface area contributed by atoms with Gasteiger partial charge < -0.3 is 35.4 Å². The van der Waals surface area contributed by atoms with Crippen molar-refractivity contribution < 1.29 is 45.0 Å². The fraction of sp³-hybridized carbons (Fsp3) is 0.0476. The number of benzene rings is 3. The van der Waals surface area contributed by atoms with Gasteiger partial charge in [-0.25, -0.2) is 0 Å². The Bertz CT molecular complexity index is 1110. The summed E-state index contributed by atoms with van der Waals surface area (Å²) in [6, 6.07) is 9.34. The van der Waals surface area contributed by atoms with E-state index in [2.05, 4.69) is 0 Å². The summed E-state index contributed by atoms with van der Waals surface area (Å²) in [4.78, 5) is 24.6. The maximum atomic E-state index is 12.5. The van der Waals surface area contributed by atoms with Crippen LogP contribution in [0.1, 0.15) is 26.3 Å². The molecule has 0 bridgehead atoms. The summed E-state index contributed by atoms with van der Waals surface area (Å²) in [5.41, 5.74) is -0.385. The molecule has 3 aromatic rings. The lowest BCUT2D eigenvalue weighted by Gasteiger charge is -2.12. The predicted octanol–water partition coefficient (Wildman–Crippen LogP) is 2.41. The van der Waals surface area contributed by atoms with Crippen LogP contribution < -0.4 is 4.74 Å². The second kappa shape index (κ2) is 7.92. The number of rotatable bonds is 6. The Morgan fingerprint density at radius 2 is 1.30 bits per heavy atom. The quantitative estimate of drug-likeness (QED) is 0.263. The minimum absolute atomic E-state index is 0.0176. The summed E-state index contributed by atoms with van der Waals surface area (Å²) >= 11 is 0. The van der Waals surface area contributed by atoms with Crippen LogP contribution in [-0.2, 0) is 0 Å². The Morgan fingerprint density at radius 3 is 1.90 bits per heavy atom. The largest absolute Gasteiger partial charge is 0.508 e. The van der Waals surface area contributed by atoms with Crippen LogP contribution in [0.5, 0.6) is 40.2 Å². The first-order chi connectivity index (χ1) is 14.2. The number of phenols is 6. The summed E-state index contributed by atoms with van der Waals surface area (Å²) in [6.07, 6.45) is 0. The molecule has 0 aromatic heterocycles. The van der Waals surface area contributed by atoms with Crippen molar-refractivity contribution in [3.63, 3.8) is 0 Å². The van der Waals surface area contributed by atoms with Crippen LogP contribution in [0.25, 0.3) is 0 Å². The lowest BCUT2D eigenvalue weighted by atomic mass is 10.0. The van der Waals surface area contributed by atoms with Crippen LogP contribution in [0.3, 0.4) is 0 Å². The molecule has 0 aliphatic carbocycles. The minimum atomic E-state index is -0.887. The van der Waals surface area contributed by atoms with Crippen molar-refractivity contribution in [1.29, 1.82) is 0 Å². The molecule has 9 nitrogen and oxygen atoms in total. The molecule has 30 heavy (non-hydrogen) atoms. The van der Waals surface area contributed by atoms with Gasteiger partial charge in [0.2, 0.25) is 11.5 Å². The van der Waals surface area contributed by atoms with Gasteiger partial charge in [0.05, 0.1) is 5.56 Å². The van der Waals surface area contributed by atoms with E-state index in [-0.39, 0.29) is 22.4 Å². The molecule has 0 saturated carbocycles. The van der Waals surface area contributed by atoms with Crippen molar-refractivity contribution in [3.8, 4) is 40.2 Å². The molecule has 154 valence electrons. The number of aromatic hydroxyl groups is 6. The molecule has 0 unspecified atom stereocenters. The zero-order valence-corrected chi connectivity index (χ0v) is 15.2. The first-order valence-corrected chi connectivity index (χ1v) is 8.48. The van der Waals surface area contributed by atoms with Gasteiger partial charge in [0, 0.05) is 11.1 Å². The SMILES string of the molecule is O=C(COc1c(O)cc(C(=O)c2ccc(O)c(O)c2O)cc1O)c1ccc(O)cc1. The summed E-state index contributed by atoms with van der Waals surface area (Å²) in [7, 11) is 0. The molecule has 0 saturated heterocycles. The predicted molar refractivity (Wildman–Crippen MR) is 103 cm³/mol. The number of carbonyl (C=O) groups excluding carboxylic acids is 2. The van der Waals surface area contributed by atoms with Gasteiger partial charge in [-0.1, -0.05) is 0 Å². The van der Waals surface area contributed by atoms with Gasteiger partial charge in [-0.15, -0.1) is 0 Å². The molecule has 0 aliphatic rings. The van der Waals surface area contributed by atoms with Crippen LogP contribution >= 0.6 is 0 Å². The molecule has 0 aliphatic heterocycles. The zero-order chi connectivity index (χ0) is 22.0. The Balaban J connectivity index is 1.82. The smallest absolute Gasteiger partial charge is 0.203 e. The van der Waals surface area contributed by atoms with Gasteiger partial charge in [0.15, 0.2) is 41.2 Å². The Hall–Kier alpha value is -4.40. The normalized spacial score (nSPS) is 10.5. The lowest BCUT2D eigenvalue weighted by Crippen LogP contribution is -2.12. The van der Waals surface area contributed by atoms with Crippen molar-refractivity contribution in [1.82, 2.24) is 0 Å². The number of Topliss-reactive ketones (excluding diaryl/α,β-unsaturated/α-hetero) is 1. The second-order valence-electron chi connectivity index (χ2n) is 6.26. The molecule has 0 amide bonds. The van der Waals surface area contributed by atoms with Crippen molar-refractivity contribution >= 4 is 11.6 Å². The first kappa shape index (κ1) is 20.3. The molecular weight excluding hydrogens is 396 g/mol. The fourth-order valence-corrected chi connectivity index (χ4v) is 2.65. The molecule has 0 radical (unpaired) electrons. The number of ether oxygens (including phenoxy) is 1. The van der Waals surface area contributed by atoms with E-state index in [9.17, 15) is 40.2 Å². The number of carbonyl (C=O) groups is 2. The number of phenolic OH excluding ortho intramolecular Hbond substituents is 6. The molecular formula is C21H16O9. The van der Waals surface area contributed by atoms with Gasteiger partial charge >= 0.3 is 0 Å². The Morgan fingerprint density at radius 1 is 0.700 bits per heavy atom. The molecule has 6 N–H and O–H groups in total. The molecule has 3 aromatic carbocycles. The van der Waals surface area contributed by atoms with E-state index in [1.165, 1.54) is 24.3 Å². The highest BCUT2D eigenvalue weighted by atomic mass is 16.5. The maximum Gasteiger partial charge on any atom is 0.203 e. The highest BCUT2D eigenvalue weighted by molar-refractivity contribution is 6.11. The molecule has 3 rings (SSSR count). The number of hydrogen-bond acceptors (Lipinski definition) is 9. The van der Waals surface area contributed by atoms with Crippen molar-refractivity contribution in [2.45, 2.75) is 0 Å².